The fraction of sp³-hybridized carbons (Fsp3) is 0.688. The van der Waals surface area contributed by atoms with Crippen LogP contribution in [0.5, 0.6) is 0 Å². The molecule has 1 fully saturated rings. The van der Waals surface area contributed by atoms with Gasteiger partial charge in [0.1, 0.15) is 0 Å². The van der Waals surface area contributed by atoms with Crippen molar-refractivity contribution >= 4 is 29.7 Å². The third kappa shape index (κ3) is 4.21. The average molecular weight is 329 g/mol. The van der Waals surface area contributed by atoms with Crippen LogP contribution < -0.4 is 10.6 Å². The lowest BCUT2D eigenvalue weighted by Crippen LogP contribution is -2.46. The maximum absolute atomic E-state index is 12.4. The molecule has 1 aromatic rings. The number of fused-ring (bicyclic) bond motifs is 1. The third-order valence-electron chi connectivity index (χ3n) is 4.43. The normalized spacial score (nSPS) is 25.4. The quantitative estimate of drug-likeness (QED) is 0.818. The molecule has 0 saturated carbocycles. The number of carbonyl (C=O) groups excluding carboxylic acids is 1. The summed E-state index contributed by atoms with van der Waals surface area (Å²) in [7, 11) is 0. The molecule has 3 rings (SSSR count). The summed E-state index contributed by atoms with van der Waals surface area (Å²) in [4.78, 5) is 14.8. The monoisotopic (exact) mass is 328 g/mol. The Bertz CT molecular complexity index is 465. The molecule has 2 atom stereocenters. The Morgan fingerprint density at radius 3 is 2.95 bits per heavy atom. The minimum atomic E-state index is 0. The van der Waals surface area contributed by atoms with E-state index in [2.05, 4.69) is 23.6 Å². The van der Waals surface area contributed by atoms with Crippen LogP contribution in [0.3, 0.4) is 0 Å². The van der Waals surface area contributed by atoms with Gasteiger partial charge in [0.2, 0.25) is 0 Å². The molecule has 0 spiro atoms. The first-order valence-corrected chi connectivity index (χ1v) is 8.70. The number of hydrogen-bond acceptors (Lipinski definition) is 3. The maximum Gasteiger partial charge on any atom is 0.261 e. The molecule has 2 heterocycles. The molecule has 2 aliphatic rings. The second-order valence-electron chi connectivity index (χ2n) is 6.17. The SMILES string of the molecule is CC1CC(NC(=O)c2cc3c(s2)CCCCC3)CCN1.Cl. The number of halogens is 1. The Morgan fingerprint density at radius 2 is 2.14 bits per heavy atom. The van der Waals surface area contributed by atoms with Gasteiger partial charge in [0, 0.05) is 17.0 Å². The van der Waals surface area contributed by atoms with Crippen LogP contribution in [0.4, 0.5) is 0 Å². The Balaban J connectivity index is 0.00000161. The van der Waals surface area contributed by atoms with E-state index in [9.17, 15) is 4.79 Å². The van der Waals surface area contributed by atoms with Crippen molar-refractivity contribution in [2.75, 3.05) is 6.54 Å². The van der Waals surface area contributed by atoms with E-state index in [1.54, 1.807) is 11.3 Å². The number of hydrogen-bond donors (Lipinski definition) is 2. The Hall–Kier alpha value is -0.580. The molecule has 0 radical (unpaired) electrons. The smallest absolute Gasteiger partial charge is 0.261 e. The zero-order valence-electron chi connectivity index (χ0n) is 12.6. The van der Waals surface area contributed by atoms with Crippen molar-refractivity contribution in [3.05, 3.63) is 21.4 Å². The van der Waals surface area contributed by atoms with Crippen molar-refractivity contribution in [2.45, 2.75) is 64.0 Å². The van der Waals surface area contributed by atoms with E-state index in [0.717, 1.165) is 37.1 Å². The molecule has 21 heavy (non-hydrogen) atoms. The van der Waals surface area contributed by atoms with Crippen LogP contribution in [0, 0.1) is 0 Å². The molecule has 2 N–H and O–H groups in total. The lowest BCUT2D eigenvalue weighted by Gasteiger charge is -2.28. The molecule has 1 saturated heterocycles. The highest BCUT2D eigenvalue weighted by atomic mass is 35.5. The number of thiophene rings is 1. The van der Waals surface area contributed by atoms with E-state index < -0.39 is 0 Å². The summed E-state index contributed by atoms with van der Waals surface area (Å²) in [6.45, 7) is 3.19. The summed E-state index contributed by atoms with van der Waals surface area (Å²) < 4.78 is 0. The van der Waals surface area contributed by atoms with Crippen LogP contribution >= 0.6 is 23.7 Å². The van der Waals surface area contributed by atoms with Crippen LogP contribution in [0.15, 0.2) is 6.07 Å². The lowest BCUT2D eigenvalue weighted by atomic mass is 10.0. The molecule has 5 heteroatoms. The first-order chi connectivity index (χ1) is 9.72. The summed E-state index contributed by atoms with van der Waals surface area (Å²) in [5.74, 6) is 0.141. The molecule has 118 valence electrons. The van der Waals surface area contributed by atoms with E-state index in [1.807, 2.05) is 0 Å². The van der Waals surface area contributed by atoms with E-state index in [4.69, 9.17) is 0 Å². The fourth-order valence-corrected chi connectivity index (χ4v) is 4.46. The lowest BCUT2D eigenvalue weighted by molar-refractivity contribution is 0.0930. The van der Waals surface area contributed by atoms with Crippen molar-refractivity contribution in [1.29, 1.82) is 0 Å². The van der Waals surface area contributed by atoms with E-state index in [-0.39, 0.29) is 18.3 Å². The van der Waals surface area contributed by atoms with Crippen LogP contribution in [-0.2, 0) is 12.8 Å². The number of piperidine rings is 1. The zero-order chi connectivity index (χ0) is 13.9. The van der Waals surface area contributed by atoms with Gasteiger partial charge in [-0.2, -0.15) is 0 Å². The Morgan fingerprint density at radius 1 is 1.33 bits per heavy atom. The van der Waals surface area contributed by atoms with E-state index in [0.29, 0.717) is 12.1 Å². The van der Waals surface area contributed by atoms with Crippen LogP contribution in [0.2, 0.25) is 0 Å². The first-order valence-electron chi connectivity index (χ1n) is 7.88. The number of carbonyl (C=O) groups is 1. The molecule has 1 amide bonds. The predicted octanol–water partition coefficient (Wildman–Crippen LogP) is 3.31. The average Bonchev–Trinajstić information content (AvgIpc) is 2.70. The number of nitrogens with one attached hydrogen (secondary N) is 2. The minimum absolute atomic E-state index is 0. The first kappa shape index (κ1) is 16.8. The second kappa shape index (κ2) is 7.61. The van der Waals surface area contributed by atoms with Crippen molar-refractivity contribution in [3.8, 4) is 0 Å². The molecule has 1 aliphatic carbocycles. The number of amides is 1. The highest BCUT2D eigenvalue weighted by Crippen LogP contribution is 2.29. The molecule has 3 nitrogen and oxygen atoms in total. The molecular formula is C16H25ClN2OS. The summed E-state index contributed by atoms with van der Waals surface area (Å²) in [6, 6.07) is 2.99. The standard InChI is InChI=1S/C16H24N2OS.ClH/c1-11-9-13(7-8-17-11)18-16(19)15-10-12-5-3-2-4-6-14(12)20-15;/h10-11,13,17H,2-9H2,1H3,(H,18,19);1H. The van der Waals surface area contributed by atoms with Gasteiger partial charge in [-0.3, -0.25) is 4.79 Å². The molecule has 0 aromatic carbocycles. The summed E-state index contributed by atoms with van der Waals surface area (Å²) in [5, 5.41) is 6.64. The van der Waals surface area contributed by atoms with Gasteiger partial charge in [-0.25, -0.2) is 0 Å². The van der Waals surface area contributed by atoms with Gasteiger partial charge in [-0.15, -0.1) is 23.7 Å². The van der Waals surface area contributed by atoms with Crippen molar-refractivity contribution in [2.24, 2.45) is 0 Å². The number of aryl methyl sites for hydroxylation is 2. The zero-order valence-corrected chi connectivity index (χ0v) is 14.2. The Kier molecular flexibility index (Phi) is 6.08. The highest BCUT2D eigenvalue weighted by molar-refractivity contribution is 7.14. The molecule has 0 bridgehead atoms. The minimum Gasteiger partial charge on any atom is -0.349 e. The summed E-state index contributed by atoms with van der Waals surface area (Å²) in [5.41, 5.74) is 1.43. The second-order valence-corrected chi connectivity index (χ2v) is 7.31. The van der Waals surface area contributed by atoms with E-state index >= 15 is 0 Å². The highest BCUT2D eigenvalue weighted by Gasteiger charge is 2.22. The van der Waals surface area contributed by atoms with Crippen LogP contribution in [0.1, 0.15) is 59.1 Å². The molecule has 1 aliphatic heterocycles. The van der Waals surface area contributed by atoms with Crippen molar-refractivity contribution in [3.63, 3.8) is 0 Å². The van der Waals surface area contributed by atoms with Gasteiger partial charge in [-0.1, -0.05) is 6.42 Å². The number of rotatable bonds is 2. The van der Waals surface area contributed by atoms with Gasteiger partial charge >= 0.3 is 0 Å². The van der Waals surface area contributed by atoms with Gasteiger partial charge in [0.05, 0.1) is 4.88 Å². The summed E-state index contributed by atoms with van der Waals surface area (Å²) in [6.07, 6.45) is 8.28. The van der Waals surface area contributed by atoms with Crippen LogP contribution in [-0.4, -0.2) is 24.5 Å². The fourth-order valence-electron chi connectivity index (χ4n) is 3.30. The predicted molar refractivity (Wildman–Crippen MR) is 90.8 cm³/mol. The van der Waals surface area contributed by atoms with Gasteiger partial charge in [0.25, 0.3) is 5.91 Å². The van der Waals surface area contributed by atoms with Gasteiger partial charge in [-0.05, 0) is 63.6 Å². The van der Waals surface area contributed by atoms with Crippen molar-refractivity contribution < 1.29 is 4.79 Å². The molecular weight excluding hydrogens is 304 g/mol. The van der Waals surface area contributed by atoms with Crippen LogP contribution in [0.25, 0.3) is 0 Å². The largest absolute Gasteiger partial charge is 0.349 e. The topological polar surface area (TPSA) is 41.1 Å². The van der Waals surface area contributed by atoms with E-state index in [1.165, 1.54) is 29.7 Å². The van der Waals surface area contributed by atoms with Gasteiger partial charge in [0.15, 0.2) is 0 Å². The Labute approximate surface area is 137 Å². The van der Waals surface area contributed by atoms with Gasteiger partial charge < -0.3 is 10.6 Å². The molecule has 1 aromatic heterocycles. The third-order valence-corrected chi connectivity index (χ3v) is 5.67. The van der Waals surface area contributed by atoms with Crippen molar-refractivity contribution in [1.82, 2.24) is 10.6 Å². The molecule has 2 unspecified atom stereocenters. The maximum atomic E-state index is 12.4. The summed E-state index contributed by atoms with van der Waals surface area (Å²) >= 11 is 1.72.